The minimum Gasteiger partial charge on any atom is -0.482 e. The van der Waals surface area contributed by atoms with Crippen molar-refractivity contribution in [2.75, 3.05) is 34.0 Å². The highest BCUT2D eigenvalue weighted by molar-refractivity contribution is 6.06. The van der Waals surface area contributed by atoms with Gasteiger partial charge in [0.05, 0.1) is 25.8 Å². The molecule has 1 aliphatic rings. The summed E-state index contributed by atoms with van der Waals surface area (Å²) in [4.78, 5) is 51.2. The molecule has 1 fully saturated rings. The van der Waals surface area contributed by atoms with Gasteiger partial charge in [0.15, 0.2) is 19.0 Å². The lowest BCUT2D eigenvalue weighted by Gasteiger charge is -2.25. The normalized spacial score (nSPS) is 14.6. The van der Waals surface area contributed by atoms with Crippen LogP contribution in [0.5, 0.6) is 11.5 Å². The molecule has 1 heterocycles. The largest absolute Gasteiger partial charge is 0.482 e. The van der Waals surface area contributed by atoms with Crippen molar-refractivity contribution >= 4 is 29.5 Å². The van der Waals surface area contributed by atoms with Crippen LogP contribution in [-0.4, -0.2) is 74.4 Å². The summed E-state index contributed by atoms with van der Waals surface area (Å²) in [6.45, 7) is -0.414. The number of carbonyl (C=O) groups excluding carboxylic acids is 4. The molecule has 190 valence electrons. The number of rotatable bonds is 10. The summed E-state index contributed by atoms with van der Waals surface area (Å²) in [5.41, 5.74) is 6.49. The minimum atomic E-state index is -0.743. The van der Waals surface area contributed by atoms with Gasteiger partial charge in [0.2, 0.25) is 0 Å². The molecular weight excluding hydrogens is 470 g/mol. The van der Waals surface area contributed by atoms with Crippen LogP contribution in [-0.2, 0) is 19.1 Å². The summed E-state index contributed by atoms with van der Waals surface area (Å²) in [6, 6.07) is 9.89. The fourth-order valence-corrected chi connectivity index (χ4v) is 3.73. The third kappa shape index (κ3) is 6.17. The molecule has 36 heavy (non-hydrogen) atoms. The Kier molecular flexibility index (Phi) is 8.61. The highest BCUT2D eigenvalue weighted by atomic mass is 16.6. The molecule has 11 heteroatoms. The van der Waals surface area contributed by atoms with Gasteiger partial charge in [0, 0.05) is 23.7 Å². The lowest BCUT2D eigenvalue weighted by atomic mass is 10.00. The van der Waals surface area contributed by atoms with Crippen molar-refractivity contribution < 1.29 is 38.1 Å². The Bertz CT molecular complexity index is 1160. The van der Waals surface area contributed by atoms with E-state index >= 15 is 0 Å². The number of benzene rings is 2. The molecule has 1 atom stereocenters. The number of nitrogen functional groups attached to an aromatic ring is 1. The van der Waals surface area contributed by atoms with E-state index in [1.165, 1.54) is 37.3 Å². The number of nitrogens with two attached hydrogens (primary N) is 1. The van der Waals surface area contributed by atoms with Gasteiger partial charge in [-0.25, -0.2) is 9.59 Å². The summed E-state index contributed by atoms with van der Waals surface area (Å²) < 4.78 is 20.0. The number of amides is 1. The Balaban J connectivity index is 1.85. The minimum absolute atomic E-state index is 0.0536. The van der Waals surface area contributed by atoms with Crippen molar-refractivity contribution in [2.24, 2.45) is 5.73 Å². The molecule has 3 N–H and O–H groups in total. The molecule has 0 aromatic heterocycles. The molecule has 0 saturated carbocycles. The van der Waals surface area contributed by atoms with Crippen LogP contribution >= 0.6 is 0 Å². The molecule has 0 aliphatic carbocycles. The van der Waals surface area contributed by atoms with E-state index < -0.39 is 24.6 Å². The Labute approximate surface area is 207 Å². The topological polar surface area (TPSA) is 158 Å². The van der Waals surface area contributed by atoms with Crippen LogP contribution in [0.25, 0.3) is 0 Å². The Hall–Kier alpha value is -4.41. The summed E-state index contributed by atoms with van der Waals surface area (Å²) in [6.07, 6.45) is 1.08. The van der Waals surface area contributed by atoms with Crippen LogP contribution in [0.3, 0.4) is 0 Å². The fraction of sp³-hybridized carbons (Fsp3) is 0.320. The standard InChI is InChI=1S/C25H27N3O8/c1-33-21(29)13-35-17-9-10-18(20(12-17)36-14-22(30)34-2)23(31)19-4-3-11-28(19)25(32)16-7-5-15(6-8-16)24(26)27/h5-10,12,19H,3-4,11,13-14H2,1-2H3,(H3,26,27). The van der Waals surface area contributed by atoms with E-state index in [0.717, 1.165) is 0 Å². The number of nitrogens with one attached hydrogen (secondary N) is 1. The highest BCUT2D eigenvalue weighted by Gasteiger charge is 2.36. The molecule has 3 rings (SSSR count). The third-order valence-corrected chi connectivity index (χ3v) is 5.64. The van der Waals surface area contributed by atoms with Gasteiger partial charge in [-0.1, -0.05) is 12.1 Å². The SMILES string of the molecule is COC(=O)COc1ccc(C(=O)C2CCCN2C(=O)c2ccc(C(=N)N)cc2)c(OCC(=O)OC)c1. The summed E-state index contributed by atoms with van der Waals surface area (Å²) in [7, 11) is 2.43. The van der Waals surface area contributed by atoms with Gasteiger partial charge in [-0.05, 0) is 37.1 Å². The van der Waals surface area contributed by atoms with E-state index in [1.807, 2.05) is 0 Å². The van der Waals surface area contributed by atoms with Crippen LogP contribution in [0.4, 0.5) is 0 Å². The second kappa shape index (κ2) is 11.8. The molecule has 0 radical (unpaired) electrons. The maximum atomic E-state index is 13.5. The molecule has 1 amide bonds. The van der Waals surface area contributed by atoms with E-state index in [4.69, 9.17) is 20.6 Å². The number of ketones is 1. The van der Waals surface area contributed by atoms with Crippen molar-refractivity contribution in [2.45, 2.75) is 18.9 Å². The maximum Gasteiger partial charge on any atom is 0.343 e. The Morgan fingerprint density at radius 3 is 2.17 bits per heavy atom. The van der Waals surface area contributed by atoms with Gasteiger partial charge in [0.25, 0.3) is 5.91 Å². The molecule has 1 unspecified atom stereocenters. The average Bonchev–Trinajstić information content (AvgIpc) is 3.39. The van der Waals surface area contributed by atoms with E-state index in [1.54, 1.807) is 24.3 Å². The number of ether oxygens (including phenoxy) is 4. The number of methoxy groups -OCH3 is 2. The molecule has 1 aliphatic heterocycles. The molecule has 2 aromatic carbocycles. The maximum absolute atomic E-state index is 13.5. The second-order valence-electron chi connectivity index (χ2n) is 7.90. The first-order chi connectivity index (χ1) is 17.2. The summed E-state index contributed by atoms with van der Waals surface area (Å²) >= 11 is 0. The van der Waals surface area contributed by atoms with Crippen LogP contribution < -0.4 is 15.2 Å². The number of nitrogens with zero attached hydrogens (tertiary/aromatic N) is 1. The predicted molar refractivity (Wildman–Crippen MR) is 127 cm³/mol. The van der Waals surface area contributed by atoms with E-state index in [2.05, 4.69) is 9.47 Å². The zero-order chi connectivity index (χ0) is 26.2. The van der Waals surface area contributed by atoms with Crippen LogP contribution in [0.1, 0.15) is 39.1 Å². The molecule has 2 aromatic rings. The molecular formula is C25H27N3O8. The molecule has 1 saturated heterocycles. The number of amidine groups is 1. The molecule has 0 bridgehead atoms. The number of likely N-dealkylation sites (tertiary alicyclic amines) is 1. The zero-order valence-electron chi connectivity index (χ0n) is 19.9. The van der Waals surface area contributed by atoms with E-state index in [9.17, 15) is 19.2 Å². The van der Waals surface area contributed by atoms with Crippen LogP contribution in [0, 0.1) is 5.41 Å². The van der Waals surface area contributed by atoms with Gasteiger partial charge in [-0.2, -0.15) is 0 Å². The monoisotopic (exact) mass is 497 g/mol. The Morgan fingerprint density at radius 2 is 1.56 bits per heavy atom. The Morgan fingerprint density at radius 1 is 0.944 bits per heavy atom. The average molecular weight is 498 g/mol. The zero-order valence-corrected chi connectivity index (χ0v) is 19.9. The second-order valence-corrected chi connectivity index (χ2v) is 7.90. The first kappa shape index (κ1) is 26.2. The van der Waals surface area contributed by atoms with Gasteiger partial charge >= 0.3 is 11.9 Å². The molecule has 0 spiro atoms. The van der Waals surface area contributed by atoms with Gasteiger partial charge in [-0.3, -0.25) is 15.0 Å². The van der Waals surface area contributed by atoms with Gasteiger partial charge in [-0.15, -0.1) is 0 Å². The smallest absolute Gasteiger partial charge is 0.343 e. The van der Waals surface area contributed by atoms with E-state index in [-0.39, 0.29) is 41.2 Å². The van der Waals surface area contributed by atoms with Crippen molar-refractivity contribution in [3.8, 4) is 11.5 Å². The summed E-state index contributed by atoms with van der Waals surface area (Å²) in [5.74, 6) is -1.76. The van der Waals surface area contributed by atoms with Crippen LogP contribution in [0.15, 0.2) is 42.5 Å². The quantitative estimate of drug-likeness (QED) is 0.215. The number of esters is 2. The number of hydrogen-bond acceptors (Lipinski definition) is 9. The van der Waals surface area contributed by atoms with Crippen molar-refractivity contribution in [1.29, 1.82) is 5.41 Å². The van der Waals surface area contributed by atoms with Crippen LogP contribution in [0.2, 0.25) is 0 Å². The molecule has 11 nitrogen and oxygen atoms in total. The van der Waals surface area contributed by atoms with Crippen molar-refractivity contribution in [1.82, 2.24) is 4.90 Å². The van der Waals surface area contributed by atoms with E-state index in [0.29, 0.717) is 30.5 Å². The number of carbonyl (C=O) groups is 4. The first-order valence-electron chi connectivity index (χ1n) is 11.1. The lowest BCUT2D eigenvalue weighted by molar-refractivity contribution is -0.143. The number of Topliss-reactive ketones (excluding diaryl/α,β-unsaturated/α-hetero) is 1. The first-order valence-corrected chi connectivity index (χ1v) is 11.1. The van der Waals surface area contributed by atoms with Gasteiger partial charge in [0.1, 0.15) is 17.3 Å². The lowest BCUT2D eigenvalue weighted by Crippen LogP contribution is -2.40. The third-order valence-electron chi connectivity index (χ3n) is 5.64. The highest BCUT2D eigenvalue weighted by Crippen LogP contribution is 2.30. The fourth-order valence-electron chi connectivity index (χ4n) is 3.73. The van der Waals surface area contributed by atoms with Crippen molar-refractivity contribution in [3.63, 3.8) is 0 Å². The predicted octanol–water partition coefficient (Wildman–Crippen LogP) is 1.56. The summed E-state index contributed by atoms with van der Waals surface area (Å²) in [5, 5.41) is 7.49. The van der Waals surface area contributed by atoms with Crippen molar-refractivity contribution in [3.05, 3.63) is 59.2 Å². The van der Waals surface area contributed by atoms with Gasteiger partial charge < -0.3 is 29.6 Å². The number of hydrogen-bond donors (Lipinski definition) is 2.